The van der Waals surface area contributed by atoms with Gasteiger partial charge in [-0.2, -0.15) is 0 Å². The third-order valence-corrected chi connectivity index (χ3v) is 6.16. The number of rotatable bonds is 8. The minimum atomic E-state index is -0.363. The molecule has 9 heteroatoms. The molecule has 2 heterocycles. The van der Waals surface area contributed by atoms with E-state index in [-0.39, 0.29) is 36.1 Å². The van der Waals surface area contributed by atoms with Gasteiger partial charge in [-0.05, 0) is 48.4 Å². The molecule has 1 atom stereocenters. The molecule has 8 nitrogen and oxygen atoms in total. The van der Waals surface area contributed by atoms with Gasteiger partial charge in [-0.25, -0.2) is 4.39 Å². The predicted octanol–water partition coefficient (Wildman–Crippen LogP) is 1.87. The van der Waals surface area contributed by atoms with Gasteiger partial charge in [0.1, 0.15) is 5.82 Å². The van der Waals surface area contributed by atoms with Gasteiger partial charge in [-0.1, -0.05) is 12.1 Å². The van der Waals surface area contributed by atoms with Gasteiger partial charge in [-0.15, -0.1) is 0 Å². The monoisotopic (exact) mass is 468 g/mol. The Kier molecular flexibility index (Phi) is 7.87. The molecule has 0 aromatic heterocycles. The van der Waals surface area contributed by atoms with Crippen LogP contribution in [0.1, 0.15) is 34.8 Å². The molecule has 2 aromatic rings. The van der Waals surface area contributed by atoms with Crippen molar-refractivity contribution in [3.63, 3.8) is 0 Å². The fourth-order valence-electron chi connectivity index (χ4n) is 4.28. The molecule has 1 unspecified atom stereocenters. The van der Waals surface area contributed by atoms with Crippen LogP contribution in [0.4, 0.5) is 10.1 Å². The first-order valence-corrected chi connectivity index (χ1v) is 11.5. The van der Waals surface area contributed by atoms with E-state index in [1.165, 1.54) is 12.1 Å². The number of carbonyl (C=O) groups excluding carboxylic acids is 3. The zero-order chi connectivity index (χ0) is 23.9. The van der Waals surface area contributed by atoms with Gasteiger partial charge in [0.2, 0.25) is 11.8 Å². The summed E-state index contributed by atoms with van der Waals surface area (Å²) in [5, 5.41) is 5.51. The van der Waals surface area contributed by atoms with Crippen molar-refractivity contribution >= 4 is 23.4 Å². The maximum absolute atomic E-state index is 13.4. The summed E-state index contributed by atoms with van der Waals surface area (Å²) in [5.41, 5.74) is 2.09. The van der Waals surface area contributed by atoms with Crippen molar-refractivity contribution in [3.05, 3.63) is 65.5 Å². The Bertz CT molecular complexity index is 1010. The summed E-state index contributed by atoms with van der Waals surface area (Å²) >= 11 is 0. The van der Waals surface area contributed by atoms with Crippen LogP contribution in [0.25, 0.3) is 0 Å². The smallest absolute Gasteiger partial charge is 0.251 e. The second-order valence-corrected chi connectivity index (χ2v) is 8.40. The molecule has 0 bridgehead atoms. The molecule has 2 aliphatic rings. The van der Waals surface area contributed by atoms with E-state index >= 15 is 0 Å². The van der Waals surface area contributed by atoms with E-state index in [9.17, 15) is 18.8 Å². The van der Waals surface area contributed by atoms with Crippen molar-refractivity contribution in [2.45, 2.75) is 18.9 Å². The summed E-state index contributed by atoms with van der Waals surface area (Å²) in [5.74, 6) is -0.896. The largest absolute Gasteiger partial charge is 0.379 e. The summed E-state index contributed by atoms with van der Waals surface area (Å²) in [6, 6.07) is 12.9. The van der Waals surface area contributed by atoms with E-state index in [0.29, 0.717) is 51.4 Å². The van der Waals surface area contributed by atoms with E-state index in [2.05, 4.69) is 15.5 Å². The van der Waals surface area contributed by atoms with Crippen LogP contribution < -0.4 is 15.5 Å². The maximum Gasteiger partial charge on any atom is 0.251 e. The molecule has 0 radical (unpaired) electrons. The summed E-state index contributed by atoms with van der Waals surface area (Å²) in [6.45, 7) is 3.50. The first-order chi connectivity index (χ1) is 16.5. The molecule has 3 amide bonds. The maximum atomic E-state index is 13.4. The predicted molar refractivity (Wildman–Crippen MR) is 125 cm³/mol. The van der Waals surface area contributed by atoms with E-state index in [0.717, 1.165) is 17.7 Å². The number of morpholine rings is 1. The number of ether oxygens (including phenoxy) is 1. The van der Waals surface area contributed by atoms with Crippen molar-refractivity contribution < 1.29 is 23.5 Å². The lowest BCUT2D eigenvalue weighted by Gasteiger charge is -2.35. The fraction of sp³-hybridized carbons (Fsp3) is 0.400. The standard InChI is InChI=1S/C25H29FN4O4/c26-20-7-3-18(4-8-20)22(29-12-14-34-15-13-29)16-27-23(31)17-28-25(33)19-5-9-21(10-6-19)30-11-1-2-24(30)32/h3-10,22H,1-2,11-17H2,(H,27,31)(H,28,33). The lowest BCUT2D eigenvalue weighted by Crippen LogP contribution is -2.45. The minimum absolute atomic E-state index is 0.0879. The van der Waals surface area contributed by atoms with Gasteiger partial charge in [0.25, 0.3) is 5.91 Å². The van der Waals surface area contributed by atoms with Gasteiger partial charge >= 0.3 is 0 Å². The molecule has 2 aliphatic heterocycles. The summed E-state index contributed by atoms with van der Waals surface area (Å²) in [6.07, 6.45) is 1.38. The SMILES string of the molecule is O=C(CNC(=O)c1ccc(N2CCCC2=O)cc1)NCC(c1ccc(F)cc1)N1CCOCC1. The summed E-state index contributed by atoms with van der Waals surface area (Å²) in [7, 11) is 0. The van der Waals surface area contributed by atoms with Crippen molar-refractivity contribution in [1.82, 2.24) is 15.5 Å². The van der Waals surface area contributed by atoms with Gasteiger partial charge < -0.3 is 20.3 Å². The lowest BCUT2D eigenvalue weighted by molar-refractivity contribution is -0.120. The second kappa shape index (κ2) is 11.2. The van der Waals surface area contributed by atoms with Crippen LogP contribution in [0.15, 0.2) is 48.5 Å². The van der Waals surface area contributed by atoms with Crippen LogP contribution in [-0.2, 0) is 14.3 Å². The molecule has 0 spiro atoms. The van der Waals surface area contributed by atoms with Crippen molar-refractivity contribution in [1.29, 1.82) is 0 Å². The van der Waals surface area contributed by atoms with Gasteiger partial charge in [0.05, 0.1) is 25.8 Å². The topological polar surface area (TPSA) is 91.0 Å². The normalized spacial score (nSPS) is 17.4. The molecule has 0 saturated carbocycles. The quantitative estimate of drug-likeness (QED) is 0.617. The van der Waals surface area contributed by atoms with E-state index in [1.807, 2.05) is 0 Å². The molecule has 180 valence electrons. The number of amides is 3. The number of nitrogens with zero attached hydrogens (tertiary/aromatic N) is 2. The van der Waals surface area contributed by atoms with Crippen LogP contribution in [-0.4, -0.2) is 68.6 Å². The number of benzene rings is 2. The first kappa shape index (κ1) is 23.8. The van der Waals surface area contributed by atoms with Gasteiger partial charge in [0.15, 0.2) is 0 Å². The van der Waals surface area contributed by atoms with Crippen LogP contribution in [0.3, 0.4) is 0 Å². The Morgan fingerprint density at radius 2 is 1.68 bits per heavy atom. The highest BCUT2D eigenvalue weighted by atomic mass is 19.1. The lowest BCUT2D eigenvalue weighted by atomic mass is 10.0. The number of halogens is 1. The average molecular weight is 469 g/mol. The highest BCUT2D eigenvalue weighted by Crippen LogP contribution is 2.22. The first-order valence-electron chi connectivity index (χ1n) is 11.5. The Balaban J connectivity index is 1.29. The number of hydrogen-bond donors (Lipinski definition) is 2. The molecule has 2 saturated heterocycles. The van der Waals surface area contributed by atoms with E-state index in [4.69, 9.17) is 4.74 Å². The van der Waals surface area contributed by atoms with E-state index in [1.54, 1.807) is 41.3 Å². The molecular formula is C25H29FN4O4. The Labute approximate surface area is 198 Å². The zero-order valence-electron chi connectivity index (χ0n) is 19.0. The van der Waals surface area contributed by atoms with Crippen molar-refractivity contribution in [2.24, 2.45) is 0 Å². The molecule has 34 heavy (non-hydrogen) atoms. The Morgan fingerprint density at radius 1 is 0.971 bits per heavy atom. The third-order valence-electron chi connectivity index (χ3n) is 6.16. The second-order valence-electron chi connectivity index (χ2n) is 8.40. The minimum Gasteiger partial charge on any atom is -0.379 e. The molecule has 2 fully saturated rings. The van der Waals surface area contributed by atoms with Crippen molar-refractivity contribution in [2.75, 3.05) is 50.8 Å². The Morgan fingerprint density at radius 3 is 2.32 bits per heavy atom. The average Bonchev–Trinajstić information content (AvgIpc) is 3.30. The zero-order valence-corrected chi connectivity index (χ0v) is 19.0. The van der Waals surface area contributed by atoms with Crippen LogP contribution >= 0.6 is 0 Å². The third kappa shape index (κ3) is 5.98. The number of carbonyl (C=O) groups is 3. The summed E-state index contributed by atoms with van der Waals surface area (Å²) < 4.78 is 18.8. The number of hydrogen-bond acceptors (Lipinski definition) is 5. The molecule has 2 aromatic carbocycles. The van der Waals surface area contributed by atoms with Gasteiger partial charge in [-0.3, -0.25) is 19.3 Å². The van der Waals surface area contributed by atoms with Crippen LogP contribution in [0.5, 0.6) is 0 Å². The van der Waals surface area contributed by atoms with Crippen LogP contribution in [0, 0.1) is 5.82 Å². The molecular weight excluding hydrogens is 439 g/mol. The van der Waals surface area contributed by atoms with Gasteiger partial charge in [0, 0.05) is 43.9 Å². The molecule has 4 rings (SSSR count). The molecule has 0 aliphatic carbocycles. The fourth-order valence-corrected chi connectivity index (χ4v) is 4.28. The molecule has 2 N–H and O–H groups in total. The number of nitrogens with one attached hydrogen (secondary N) is 2. The van der Waals surface area contributed by atoms with Crippen molar-refractivity contribution in [3.8, 4) is 0 Å². The summed E-state index contributed by atoms with van der Waals surface area (Å²) in [4.78, 5) is 40.7. The van der Waals surface area contributed by atoms with Crippen LogP contribution in [0.2, 0.25) is 0 Å². The van der Waals surface area contributed by atoms with E-state index < -0.39 is 0 Å². The highest BCUT2D eigenvalue weighted by molar-refractivity contribution is 5.98. The highest BCUT2D eigenvalue weighted by Gasteiger charge is 2.24. The Hall–Kier alpha value is -3.30. The number of anilines is 1.